The van der Waals surface area contributed by atoms with Crippen LogP contribution in [0.15, 0.2) is 24.5 Å². The van der Waals surface area contributed by atoms with Crippen molar-refractivity contribution < 1.29 is 9.59 Å². The Labute approximate surface area is 167 Å². The summed E-state index contributed by atoms with van der Waals surface area (Å²) in [6.45, 7) is 2.79. The Morgan fingerprint density at radius 3 is 2.25 bits per heavy atom. The van der Waals surface area contributed by atoms with E-state index in [-0.39, 0.29) is 5.91 Å². The Bertz CT molecular complexity index is 712. The molecule has 5 nitrogen and oxygen atoms in total. The summed E-state index contributed by atoms with van der Waals surface area (Å²) < 4.78 is 0. The summed E-state index contributed by atoms with van der Waals surface area (Å²) in [5, 5.41) is 0. The highest BCUT2D eigenvalue weighted by atomic mass is 16.2. The fourth-order valence-corrected chi connectivity index (χ4v) is 6.98. The predicted octanol–water partition coefficient (Wildman–Crippen LogP) is 3.36. The molecule has 28 heavy (non-hydrogen) atoms. The number of carbonyl (C=O) groups is 2. The maximum atomic E-state index is 13.2. The van der Waals surface area contributed by atoms with Crippen molar-refractivity contribution in [3.05, 3.63) is 30.1 Å². The van der Waals surface area contributed by atoms with Crippen LogP contribution in [0.4, 0.5) is 0 Å². The van der Waals surface area contributed by atoms with Gasteiger partial charge >= 0.3 is 0 Å². The molecule has 4 bridgehead atoms. The van der Waals surface area contributed by atoms with Crippen molar-refractivity contribution in [2.24, 2.45) is 23.2 Å². The summed E-state index contributed by atoms with van der Waals surface area (Å²) in [4.78, 5) is 33.9. The highest BCUT2D eigenvalue weighted by molar-refractivity contribution is 5.94. The molecular formula is C23H31N3O2. The normalized spacial score (nSPS) is 34.4. The van der Waals surface area contributed by atoms with E-state index >= 15 is 0 Å². The van der Waals surface area contributed by atoms with Crippen LogP contribution in [-0.2, 0) is 4.79 Å². The minimum Gasteiger partial charge on any atom is -0.341 e. The summed E-state index contributed by atoms with van der Waals surface area (Å²) in [7, 11) is 0. The highest BCUT2D eigenvalue weighted by Gasteiger charge is 2.51. The number of pyridine rings is 1. The molecule has 0 atom stereocenters. The molecule has 0 aromatic carbocycles. The van der Waals surface area contributed by atoms with Crippen molar-refractivity contribution in [1.82, 2.24) is 14.8 Å². The zero-order valence-corrected chi connectivity index (χ0v) is 16.7. The van der Waals surface area contributed by atoms with Crippen molar-refractivity contribution in [2.45, 2.75) is 51.4 Å². The lowest BCUT2D eigenvalue weighted by Crippen LogP contribution is -2.48. The lowest BCUT2D eigenvalue weighted by Gasteiger charge is -2.57. The van der Waals surface area contributed by atoms with E-state index in [9.17, 15) is 9.59 Å². The van der Waals surface area contributed by atoms with Crippen LogP contribution in [0, 0.1) is 23.2 Å². The number of hydrogen-bond acceptors (Lipinski definition) is 3. The van der Waals surface area contributed by atoms with Gasteiger partial charge in [0.15, 0.2) is 0 Å². The second-order valence-corrected chi connectivity index (χ2v) is 9.86. The summed E-state index contributed by atoms with van der Waals surface area (Å²) in [6.07, 6.45) is 13.0. The third-order valence-electron chi connectivity index (χ3n) is 7.74. The maximum Gasteiger partial charge on any atom is 0.255 e. The number of amides is 2. The molecule has 1 aliphatic heterocycles. The van der Waals surface area contributed by atoms with E-state index in [4.69, 9.17) is 0 Å². The minimum absolute atomic E-state index is 0.0310. The van der Waals surface area contributed by atoms with Crippen LogP contribution in [0.25, 0.3) is 0 Å². The van der Waals surface area contributed by atoms with E-state index in [1.807, 2.05) is 15.9 Å². The summed E-state index contributed by atoms with van der Waals surface area (Å²) in [6, 6.07) is 3.61. The topological polar surface area (TPSA) is 53.5 Å². The molecule has 2 amide bonds. The van der Waals surface area contributed by atoms with Crippen molar-refractivity contribution in [3.63, 3.8) is 0 Å². The number of rotatable bonds is 3. The van der Waals surface area contributed by atoms with E-state index < -0.39 is 0 Å². The second kappa shape index (κ2) is 7.16. The van der Waals surface area contributed by atoms with Gasteiger partial charge in [-0.3, -0.25) is 14.6 Å². The summed E-state index contributed by atoms with van der Waals surface area (Å²) in [5.74, 6) is 3.02. The van der Waals surface area contributed by atoms with Gasteiger partial charge in [-0.25, -0.2) is 0 Å². The quantitative estimate of drug-likeness (QED) is 0.807. The van der Waals surface area contributed by atoms with Crippen LogP contribution in [-0.4, -0.2) is 52.8 Å². The second-order valence-electron chi connectivity index (χ2n) is 9.86. The van der Waals surface area contributed by atoms with Crippen LogP contribution in [0.3, 0.4) is 0 Å². The van der Waals surface area contributed by atoms with E-state index in [0.29, 0.717) is 30.0 Å². The van der Waals surface area contributed by atoms with Gasteiger partial charge < -0.3 is 9.80 Å². The molecule has 0 N–H and O–H groups in total. The molecule has 1 aromatic rings. The molecule has 5 aliphatic rings. The number of carbonyl (C=O) groups excluding carboxylic acids is 2. The Morgan fingerprint density at radius 1 is 0.964 bits per heavy atom. The SMILES string of the molecule is O=C(CC12CC3CC(CC(C3)C1)C2)N1CCCN(C(=O)c2cccnc2)CC1. The lowest BCUT2D eigenvalue weighted by atomic mass is 9.49. The molecule has 5 fully saturated rings. The van der Waals surface area contributed by atoms with Gasteiger partial charge in [0.05, 0.1) is 5.56 Å². The number of nitrogens with zero attached hydrogens (tertiary/aromatic N) is 3. The Hall–Kier alpha value is -1.91. The van der Waals surface area contributed by atoms with Crippen LogP contribution in [0.1, 0.15) is 61.7 Å². The van der Waals surface area contributed by atoms with Crippen molar-refractivity contribution in [1.29, 1.82) is 0 Å². The van der Waals surface area contributed by atoms with Gasteiger partial charge in [-0.15, -0.1) is 0 Å². The van der Waals surface area contributed by atoms with Crippen LogP contribution >= 0.6 is 0 Å². The fraction of sp³-hybridized carbons (Fsp3) is 0.696. The smallest absolute Gasteiger partial charge is 0.255 e. The van der Waals surface area contributed by atoms with Gasteiger partial charge in [-0.2, -0.15) is 0 Å². The largest absolute Gasteiger partial charge is 0.341 e. The molecule has 4 aliphatic carbocycles. The van der Waals surface area contributed by atoms with Crippen LogP contribution in [0.5, 0.6) is 0 Å². The van der Waals surface area contributed by atoms with E-state index in [2.05, 4.69) is 4.98 Å². The van der Waals surface area contributed by atoms with E-state index in [1.54, 1.807) is 18.5 Å². The summed E-state index contributed by atoms with van der Waals surface area (Å²) >= 11 is 0. The molecule has 0 unspecified atom stereocenters. The molecule has 6 rings (SSSR count). The van der Waals surface area contributed by atoms with E-state index in [1.165, 1.54) is 38.5 Å². The zero-order valence-electron chi connectivity index (χ0n) is 16.7. The first kappa shape index (κ1) is 18.1. The zero-order chi connectivity index (χ0) is 19.1. The molecule has 2 heterocycles. The Morgan fingerprint density at radius 2 is 1.61 bits per heavy atom. The first-order chi connectivity index (χ1) is 13.6. The molecular weight excluding hydrogens is 350 g/mol. The number of aromatic nitrogens is 1. The molecule has 1 aromatic heterocycles. The first-order valence-corrected chi connectivity index (χ1v) is 11.1. The van der Waals surface area contributed by atoms with Crippen molar-refractivity contribution >= 4 is 11.8 Å². The van der Waals surface area contributed by atoms with Gasteiger partial charge in [-0.05, 0) is 80.2 Å². The molecule has 5 heteroatoms. The third-order valence-corrected chi connectivity index (χ3v) is 7.74. The average molecular weight is 382 g/mol. The van der Waals surface area contributed by atoms with Crippen molar-refractivity contribution in [2.75, 3.05) is 26.2 Å². The first-order valence-electron chi connectivity index (χ1n) is 11.1. The summed E-state index contributed by atoms with van der Waals surface area (Å²) in [5.41, 5.74) is 0.930. The molecule has 1 saturated heterocycles. The van der Waals surface area contributed by atoms with Crippen LogP contribution < -0.4 is 0 Å². The lowest BCUT2D eigenvalue weighted by molar-refractivity contribution is -0.139. The highest BCUT2D eigenvalue weighted by Crippen LogP contribution is 2.61. The monoisotopic (exact) mass is 381 g/mol. The van der Waals surface area contributed by atoms with Gasteiger partial charge in [0.2, 0.25) is 5.91 Å². The molecule has 0 spiro atoms. The van der Waals surface area contributed by atoms with Gasteiger partial charge in [0.1, 0.15) is 0 Å². The van der Waals surface area contributed by atoms with Crippen molar-refractivity contribution in [3.8, 4) is 0 Å². The molecule has 4 saturated carbocycles. The van der Waals surface area contributed by atoms with Gasteiger partial charge in [0, 0.05) is 45.0 Å². The fourth-order valence-electron chi connectivity index (χ4n) is 6.98. The molecule has 0 radical (unpaired) electrons. The number of hydrogen-bond donors (Lipinski definition) is 0. The minimum atomic E-state index is 0.0310. The van der Waals surface area contributed by atoms with Crippen LogP contribution in [0.2, 0.25) is 0 Å². The van der Waals surface area contributed by atoms with Gasteiger partial charge in [0.25, 0.3) is 5.91 Å². The maximum absolute atomic E-state index is 13.2. The average Bonchev–Trinajstić information content (AvgIpc) is 2.93. The Balaban J connectivity index is 1.21. The van der Waals surface area contributed by atoms with Gasteiger partial charge in [-0.1, -0.05) is 0 Å². The Kier molecular flexibility index (Phi) is 4.64. The predicted molar refractivity (Wildman–Crippen MR) is 107 cm³/mol. The van der Waals surface area contributed by atoms with E-state index in [0.717, 1.165) is 43.7 Å². The standard InChI is InChI=1S/C23H31N3O2/c27-21(15-23-12-17-9-18(13-23)11-19(10-17)14-23)25-5-2-6-26(8-7-25)22(28)20-3-1-4-24-16-20/h1,3-4,16-19H,2,5-15H2. The third kappa shape index (κ3) is 3.44. The molecule has 150 valence electrons.